The van der Waals surface area contributed by atoms with Gasteiger partial charge in [0, 0.05) is 20.0 Å². The molecule has 0 heterocycles. The number of hydrogen-bond acceptors (Lipinski definition) is 1. The minimum atomic E-state index is -0.406. The first-order valence-electron chi connectivity index (χ1n) is 5.29. The topological polar surface area (TPSA) is 12.0 Å². The van der Waals surface area contributed by atoms with Crippen molar-refractivity contribution in [2.24, 2.45) is 0 Å². The van der Waals surface area contributed by atoms with Crippen LogP contribution in [0.5, 0.6) is 0 Å². The van der Waals surface area contributed by atoms with Crippen molar-refractivity contribution in [3.63, 3.8) is 0 Å². The summed E-state index contributed by atoms with van der Waals surface area (Å²) >= 11 is 16.1. The van der Waals surface area contributed by atoms with E-state index >= 15 is 0 Å². The van der Waals surface area contributed by atoms with Gasteiger partial charge in [0.25, 0.3) is 0 Å². The van der Waals surface area contributed by atoms with E-state index in [-0.39, 0.29) is 5.02 Å². The fourth-order valence-electron chi connectivity index (χ4n) is 1.55. The van der Waals surface area contributed by atoms with Crippen LogP contribution in [0, 0.1) is 5.82 Å². The minimum Gasteiger partial charge on any atom is -0.379 e. The third-order valence-electron chi connectivity index (χ3n) is 2.46. The second-order valence-electron chi connectivity index (χ2n) is 3.85. The lowest BCUT2D eigenvalue weighted by atomic mass is 10.2. The van der Waals surface area contributed by atoms with Crippen LogP contribution in [0.1, 0.15) is 5.56 Å². The van der Waals surface area contributed by atoms with Crippen molar-refractivity contribution in [2.75, 3.05) is 5.32 Å². The predicted octanol–water partition coefficient (Wildman–Crippen LogP) is 6.38. The molecule has 0 aliphatic carbocycles. The van der Waals surface area contributed by atoms with Gasteiger partial charge in [-0.3, -0.25) is 0 Å². The summed E-state index contributed by atoms with van der Waals surface area (Å²) in [7, 11) is 0. The molecule has 0 amide bonds. The highest BCUT2D eigenvalue weighted by atomic mass is 79.9. The lowest BCUT2D eigenvalue weighted by Crippen LogP contribution is -2.01. The van der Waals surface area contributed by atoms with Crippen LogP contribution < -0.4 is 5.32 Å². The van der Waals surface area contributed by atoms with Gasteiger partial charge >= 0.3 is 0 Å². The van der Waals surface area contributed by atoms with Crippen LogP contribution in [-0.4, -0.2) is 0 Å². The molecule has 1 N–H and O–H groups in total. The van der Waals surface area contributed by atoms with Crippen LogP contribution in [0.15, 0.2) is 43.7 Å². The van der Waals surface area contributed by atoms with E-state index < -0.39 is 5.82 Å². The van der Waals surface area contributed by atoms with E-state index in [2.05, 4.69) is 53.1 Å². The molecule has 0 radical (unpaired) electrons. The van der Waals surface area contributed by atoms with Crippen LogP contribution in [-0.2, 0) is 6.54 Å². The summed E-state index contributed by atoms with van der Waals surface area (Å²) in [6, 6.07) is 8.58. The minimum absolute atomic E-state index is 0.133. The van der Waals surface area contributed by atoms with Gasteiger partial charge in [-0.1, -0.05) is 33.6 Å². The molecule has 2 aromatic rings. The van der Waals surface area contributed by atoms with E-state index in [9.17, 15) is 4.39 Å². The van der Waals surface area contributed by atoms with E-state index in [0.717, 1.165) is 24.7 Å². The molecular formula is C13H8Br3ClFN. The van der Waals surface area contributed by atoms with Gasteiger partial charge in [0.05, 0.1) is 10.7 Å². The molecule has 0 fully saturated rings. The number of nitrogens with one attached hydrogen (secondary N) is 1. The van der Waals surface area contributed by atoms with Crippen molar-refractivity contribution in [2.45, 2.75) is 6.54 Å². The Morgan fingerprint density at radius 2 is 1.68 bits per heavy atom. The number of rotatable bonds is 3. The lowest BCUT2D eigenvalue weighted by Gasteiger charge is -2.12. The predicted molar refractivity (Wildman–Crippen MR) is 88.3 cm³/mol. The summed E-state index contributed by atoms with van der Waals surface area (Å²) in [5.41, 5.74) is 1.84. The summed E-state index contributed by atoms with van der Waals surface area (Å²) in [4.78, 5) is 0. The maximum atomic E-state index is 13.1. The van der Waals surface area contributed by atoms with Gasteiger partial charge in [-0.25, -0.2) is 4.39 Å². The maximum Gasteiger partial charge on any atom is 0.141 e. The van der Waals surface area contributed by atoms with E-state index in [1.165, 1.54) is 6.07 Å². The standard InChI is InChI=1S/C13H8Br3ClFN/c14-8-4-9(15)13(10(16)5-8)19-6-7-1-2-12(18)11(17)3-7/h1-5,19H,6H2. The molecule has 0 bridgehead atoms. The first kappa shape index (κ1) is 15.3. The Morgan fingerprint density at radius 1 is 1.05 bits per heavy atom. The van der Waals surface area contributed by atoms with Crippen LogP contribution in [0.3, 0.4) is 0 Å². The summed E-state index contributed by atoms with van der Waals surface area (Å²) in [6.07, 6.45) is 0. The fraction of sp³-hybridized carbons (Fsp3) is 0.0769. The van der Waals surface area contributed by atoms with Gasteiger partial charge < -0.3 is 5.32 Å². The summed E-state index contributed by atoms with van der Waals surface area (Å²) < 4.78 is 15.9. The summed E-state index contributed by atoms with van der Waals surface area (Å²) in [5.74, 6) is -0.406. The van der Waals surface area contributed by atoms with Gasteiger partial charge in [0.1, 0.15) is 5.82 Å². The Labute approximate surface area is 140 Å². The molecule has 0 aromatic heterocycles. The Balaban J connectivity index is 2.16. The zero-order valence-electron chi connectivity index (χ0n) is 9.48. The number of hydrogen-bond donors (Lipinski definition) is 1. The van der Waals surface area contributed by atoms with E-state index in [1.807, 2.05) is 12.1 Å². The third-order valence-corrected chi connectivity index (χ3v) is 4.46. The molecule has 0 aliphatic heterocycles. The van der Waals surface area contributed by atoms with Gasteiger partial charge in [-0.05, 0) is 61.7 Å². The van der Waals surface area contributed by atoms with Crippen LogP contribution in [0.25, 0.3) is 0 Å². The maximum absolute atomic E-state index is 13.1. The average Bonchev–Trinajstić information content (AvgIpc) is 2.32. The van der Waals surface area contributed by atoms with Gasteiger partial charge in [-0.15, -0.1) is 0 Å². The van der Waals surface area contributed by atoms with Crippen LogP contribution >= 0.6 is 59.4 Å². The number of benzene rings is 2. The Hall–Kier alpha value is -0.100. The first-order valence-corrected chi connectivity index (χ1v) is 8.05. The molecule has 0 spiro atoms. The van der Waals surface area contributed by atoms with E-state index in [1.54, 1.807) is 12.1 Å². The van der Waals surface area contributed by atoms with Gasteiger partial charge in [0.2, 0.25) is 0 Å². The molecule has 100 valence electrons. The molecule has 0 saturated carbocycles. The second-order valence-corrected chi connectivity index (χ2v) is 6.88. The van der Waals surface area contributed by atoms with Crippen molar-refractivity contribution in [3.8, 4) is 0 Å². The highest BCUT2D eigenvalue weighted by Gasteiger charge is 2.07. The monoisotopic (exact) mass is 469 g/mol. The second kappa shape index (κ2) is 6.57. The number of halogens is 5. The average molecular weight is 472 g/mol. The van der Waals surface area contributed by atoms with Crippen LogP contribution in [0.2, 0.25) is 5.02 Å². The molecule has 19 heavy (non-hydrogen) atoms. The van der Waals surface area contributed by atoms with Crippen molar-refractivity contribution in [3.05, 3.63) is 60.2 Å². The molecule has 0 unspecified atom stereocenters. The molecular weight excluding hydrogens is 464 g/mol. The highest BCUT2D eigenvalue weighted by molar-refractivity contribution is 9.11. The van der Waals surface area contributed by atoms with Crippen molar-refractivity contribution >= 4 is 65.1 Å². The molecule has 0 aliphatic rings. The quantitative estimate of drug-likeness (QED) is 0.547. The van der Waals surface area contributed by atoms with Crippen molar-refractivity contribution in [1.82, 2.24) is 0 Å². The Kier molecular flexibility index (Phi) is 5.29. The lowest BCUT2D eigenvalue weighted by molar-refractivity contribution is 0.627. The molecule has 0 atom stereocenters. The highest BCUT2D eigenvalue weighted by Crippen LogP contribution is 2.34. The molecule has 2 rings (SSSR count). The molecule has 6 heteroatoms. The molecule has 1 nitrogen and oxygen atoms in total. The normalized spacial score (nSPS) is 10.6. The molecule has 2 aromatic carbocycles. The Bertz CT molecular complexity index is 596. The van der Waals surface area contributed by atoms with Gasteiger partial charge in [-0.2, -0.15) is 0 Å². The SMILES string of the molecule is Fc1ccc(CNc2c(Br)cc(Br)cc2Br)cc1Cl. The van der Waals surface area contributed by atoms with E-state index in [4.69, 9.17) is 11.6 Å². The smallest absolute Gasteiger partial charge is 0.141 e. The summed E-state index contributed by atoms with van der Waals surface area (Å²) in [5, 5.41) is 3.41. The van der Waals surface area contributed by atoms with Crippen molar-refractivity contribution < 1.29 is 4.39 Å². The zero-order chi connectivity index (χ0) is 14.0. The van der Waals surface area contributed by atoms with Crippen molar-refractivity contribution in [1.29, 1.82) is 0 Å². The Morgan fingerprint density at radius 3 is 2.26 bits per heavy atom. The third kappa shape index (κ3) is 3.94. The molecule has 0 saturated heterocycles. The number of anilines is 1. The van der Waals surface area contributed by atoms with E-state index in [0.29, 0.717) is 6.54 Å². The summed E-state index contributed by atoms with van der Waals surface area (Å²) in [6.45, 7) is 0.554. The largest absolute Gasteiger partial charge is 0.379 e. The zero-order valence-corrected chi connectivity index (χ0v) is 15.0. The van der Waals surface area contributed by atoms with Gasteiger partial charge in [0.15, 0.2) is 0 Å². The van der Waals surface area contributed by atoms with Crippen LogP contribution in [0.4, 0.5) is 10.1 Å². The first-order chi connectivity index (χ1) is 8.97. The fourth-order valence-corrected chi connectivity index (χ4v) is 4.29.